The number of benzene rings is 2. The number of amides is 2. The maximum absolute atomic E-state index is 14.5. The maximum atomic E-state index is 14.5. The summed E-state index contributed by atoms with van der Waals surface area (Å²) in [6.07, 6.45) is 1.75. The molecule has 0 unspecified atom stereocenters. The van der Waals surface area contributed by atoms with Gasteiger partial charge in [0.05, 0.1) is 15.5 Å². The summed E-state index contributed by atoms with van der Waals surface area (Å²) in [4.78, 5) is 22.4. The van der Waals surface area contributed by atoms with Crippen molar-refractivity contribution in [3.63, 3.8) is 0 Å². The number of hydrogen-bond donors (Lipinski definition) is 2. The number of carbonyl (C=O) groups is 1. The summed E-state index contributed by atoms with van der Waals surface area (Å²) < 4.78 is 22.4. The number of nitrogens with one attached hydrogen (secondary N) is 2. The fourth-order valence-electron chi connectivity index (χ4n) is 2.93. The van der Waals surface area contributed by atoms with Gasteiger partial charge in [-0.15, -0.1) is 5.10 Å². The molecule has 4 aromatic rings. The first kappa shape index (κ1) is 22.5. The standard InChI is InChI=1S/C21H14BrClFN5O4/c22-14-2-1-7-28-17(14)10-20(27-28)26-21(30)25-11-12-3-5-19(16(24)8-12)33-18-6-4-13(29(31)32)9-15(18)23/h1-10H,11H2,(H2,25,26,27,30). The van der Waals surface area contributed by atoms with E-state index < -0.39 is 16.8 Å². The van der Waals surface area contributed by atoms with Gasteiger partial charge in [-0.05, 0) is 51.8 Å². The van der Waals surface area contributed by atoms with Gasteiger partial charge in [0.25, 0.3) is 5.69 Å². The summed E-state index contributed by atoms with van der Waals surface area (Å²) in [5.41, 5.74) is 1.07. The number of fused-ring (bicyclic) bond motifs is 1. The van der Waals surface area contributed by atoms with E-state index in [9.17, 15) is 19.3 Å². The van der Waals surface area contributed by atoms with Crippen molar-refractivity contribution in [2.75, 3.05) is 5.32 Å². The van der Waals surface area contributed by atoms with Gasteiger partial charge in [0.2, 0.25) is 0 Å². The van der Waals surface area contributed by atoms with E-state index in [4.69, 9.17) is 16.3 Å². The Morgan fingerprint density at radius 2 is 2.00 bits per heavy atom. The van der Waals surface area contributed by atoms with E-state index in [1.807, 2.05) is 12.1 Å². The molecular weight excluding hydrogens is 521 g/mol. The van der Waals surface area contributed by atoms with E-state index in [0.29, 0.717) is 11.4 Å². The van der Waals surface area contributed by atoms with Crippen LogP contribution < -0.4 is 15.4 Å². The highest BCUT2D eigenvalue weighted by molar-refractivity contribution is 9.10. The molecule has 0 radical (unpaired) electrons. The molecule has 0 atom stereocenters. The van der Waals surface area contributed by atoms with E-state index in [1.54, 1.807) is 22.8 Å². The van der Waals surface area contributed by atoms with Crippen molar-refractivity contribution >= 4 is 50.6 Å². The Morgan fingerprint density at radius 3 is 2.70 bits per heavy atom. The molecule has 12 heteroatoms. The van der Waals surface area contributed by atoms with Crippen LogP contribution in [0, 0.1) is 15.9 Å². The maximum Gasteiger partial charge on any atom is 0.320 e. The molecule has 2 heterocycles. The predicted molar refractivity (Wildman–Crippen MR) is 123 cm³/mol. The van der Waals surface area contributed by atoms with Gasteiger partial charge in [0.15, 0.2) is 17.4 Å². The number of hydrogen-bond acceptors (Lipinski definition) is 5. The van der Waals surface area contributed by atoms with Gasteiger partial charge >= 0.3 is 6.03 Å². The van der Waals surface area contributed by atoms with E-state index in [-0.39, 0.29) is 28.8 Å². The lowest BCUT2D eigenvalue weighted by atomic mass is 10.2. The first-order valence-corrected chi connectivity index (χ1v) is 10.6. The van der Waals surface area contributed by atoms with Crippen LogP contribution in [0.4, 0.5) is 20.7 Å². The summed E-state index contributed by atoms with van der Waals surface area (Å²) >= 11 is 9.39. The van der Waals surface area contributed by atoms with Crippen molar-refractivity contribution in [2.24, 2.45) is 0 Å². The zero-order valence-corrected chi connectivity index (χ0v) is 18.9. The summed E-state index contributed by atoms with van der Waals surface area (Å²) in [7, 11) is 0. The topological polar surface area (TPSA) is 111 Å². The molecule has 0 fully saturated rings. The van der Waals surface area contributed by atoms with E-state index in [1.165, 1.54) is 24.3 Å². The van der Waals surface area contributed by atoms with E-state index in [0.717, 1.165) is 16.1 Å². The molecule has 0 saturated heterocycles. The van der Waals surface area contributed by atoms with Gasteiger partial charge in [0.1, 0.15) is 5.75 Å². The van der Waals surface area contributed by atoms with Crippen LogP contribution in [0.5, 0.6) is 11.5 Å². The Bertz CT molecular complexity index is 1380. The highest BCUT2D eigenvalue weighted by atomic mass is 79.9. The molecule has 0 spiro atoms. The number of rotatable bonds is 6. The van der Waals surface area contributed by atoms with E-state index in [2.05, 4.69) is 31.7 Å². The third-order valence-electron chi connectivity index (χ3n) is 4.49. The molecule has 0 aliphatic heterocycles. The van der Waals surface area contributed by atoms with Crippen LogP contribution in [0.3, 0.4) is 0 Å². The largest absolute Gasteiger partial charge is 0.453 e. The second-order valence-corrected chi connectivity index (χ2v) is 8.02. The third-order valence-corrected chi connectivity index (χ3v) is 5.45. The Morgan fingerprint density at radius 1 is 1.21 bits per heavy atom. The molecule has 0 saturated carbocycles. The number of ether oxygens (including phenoxy) is 1. The van der Waals surface area contributed by atoms with Gasteiger partial charge < -0.3 is 10.1 Å². The van der Waals surface area contributed by atoms with Gasteiger partial charge in [-0.25, -0.2) is 13.7 Å². The number of urea groups is 1. The molecule has 2 N–H and O–H groups in total. The molecule has 2 amide bonds. The van der Waals surface area contributed by atoms with Gasteiger partial charge in [0, 0.05) is 35.4 Å². The summed E-state index contributed by atoms with van der Waals surface area (Å²) in [5.74, 6) is -0.372. The number of carbonyl (C=O) groups excluding carboxylic acids is 1. The fraction of sp³-hybridized carbons (Fsp3) is 0.0476. The van der Waals surface area contributed by atoms with Crippen molar-refractivity contribution in [1.29, 1.82) is 0 Å². The highest BCUT2D eigenvalue weighted by Gasteiger charge is 2.14. The molecule has 33 heavy (non-hydrogen) atoms. The van der Waals surface area contributed by atoms with Gasteiger partial charge in [-0.1, -0.05) is 17.7 Å². The second kappa shape index (κ2) is 9.43. The molecule has 2 aromatic carbocycles. The minimum Gasteiger partial charge on any atom is -0.453 e. The van der Waals surface area contributed by atoms with Crippen molar-refractivity contribution in [3.05, 3.63) is 91.8 Å². The number of aromatic nitrogens is 2. The quantitative estimate of drug-likeness (QED) is 0.236. The number of non-ortho nitro benzene ring substituents is 1. The van der Waals surface area contributed by atoms with Crippen LogP contribution in [0.25, 0.3) is 5.52 Å². The zero-order valence-electron chi connectivity index (χ0n) is 16.6. The second-order valence-electron chi connectivity index (χ2n) is 6.76. The number of nitro groups is 1. The van der Waals surface area contributed by atoms with Crippen LogP contribution in [0.15, 0.2) is 65.3 Å². The SMILES string of the molecule is O=C(NCc1ccc(Oc2ccc([N+](=O)[O-])cc2Cl)c(F)c1)Nc1cc2c(Br)cccn2n1. The minimum atomic E-state index is -0.686. The van der Waals surface area contributed by atoms with Gasteiger partial charge in [-0.3, -0.25) is 15.4 Å². The molecule has 2 aromatic heterocycles. The zero-order chi connectivity index (χ0) is 23.5. The van der Waals surface area contributed by atoms with Crippen LogP contribution in [-0.4, -0.2) is 20.6 Å². The number of nitrogens with zero attached hydrogens (tertiary/aromatic N) is 3. The third kappa shape index (κ3) is 5.21. The lowest BCUT2D eigenvalue weighted by Gasteiger charge is -2.10. The predicted octanol–water partition coefficient (Wildman–Crippen LogP) is 5.91. The monoisotopic (exact) mass is 533 g/mol. The van der Waals surface area contributed by atoms with Crippen molar-refractivity contribution < 1.29 is 18.8 Å². The molecule has 9 nitrogen and oxygen atoms in total. The number of halogens is 3. The van der Waals surface area contributed by atoms with E-state index >= 15 is 0 Å². The lowest BCUT2D eigenvalue weighted by molar-refractivity contribution is -0.384. The molecule has 4 rings (SSSR count). The van der Waals surface area contributed by atoms with Gasteiger partial charge in [-0.2, -0.15) is 0 Å². The van der Waals surface area contributed by atoms with Crippen LogP contribution in [-0.2, 0) is 6.54 Å². The molecule has 0 aliphatic carbocycles. The molecule has 168 valence electrons. The number of pyridine rings is 1. The normalized spacial score (nSPS) is 10.8. The first-order chi connectivity index (χ1) is 15.8. The summed E-state index contributed by atoms with van der Waals surface area (Å²) in [6.45, 7) is 0.0540. The molecule has 0 aliphatic rings. The average molecular weight is 535 g/mol. The Kier molecular flexibility index (Phi) is 6.43. The van der Waals surface area contributed by atoms with Crippen molar-refractivity contribution in [3.8, 4) is 11.5 Å². The van der Waals surface area contributed by atoms with Crippen LogP contribution >= 0.6 is 27.5 Å². The average Bonchev–Trinajstić information content (AvgIpc) is 3.19. The Balaban J connectivity index is 1.37. The molecular formula is C21H14BrClFN5O4. The Labute approximate surface area is 199 Å². The minimum absolute atomic E-state index is 0.0232. The highest BCUT2D eigenvalue weighted by Crippen LogP contribution is 2.33. The van der Waals surface area contributed by atoms with Crippen molar-refractivity contribution in [2.45, 2.75) is 6.54 Å². The van der Waals surface area contributed by atoms with Crippen LogP contribution in [0.1, 0.15) is 5.56 Å². The van der Waals surface area contributed by atoms with Crippen molar-refractivity contribution in [1.82, 2.24) is 14.9 Å². The molecule has 0 bridgehead atoms. The fourth-order valence-corrected chi connectivity index (χ4v) is 3.59. The lowest BCUT2D eigenvalue weighted by Crippen LogP contribution is -2.28. The summed E-state index contributed by atoms with van der Waals surface area (Å²) in [6, 6.07) is 12.6. The summed E-state index contributed by atoms with van der Waals surface area (Å²) in [5, 5.41) is 20.3. The number of anilines is 1. The number of nitro benzene ring substituents is 1. The Hall–Kier alpha value is -3.70. The van der Waals surface area contributed by atoms with Crippen LogP contribution in [0.2, 0.25) is 5.02 Å². The smallest absolute Gasteiger partial charge is 0.320 e. The first-order valence-electron chi connectivity index (χ1n) is 9.39.